The fourth-order valence-corrected chi connectivity index (χ4v) is 6.53. The zero-order chi connectivity index (χ0) is 35.0. The second-order valence-corrected chi connectivity index (χ2v) is 14.5. The summed E-state index contributed by atoms with van der Waals surface area (Å²) in [5.74, 6) is 2.53. The molecule has 1 fully saturated rings. The van der Waals surface area contributed by atoms with Gasteiger partial charge in [0.2, 0.25) is 0 Å². The van der Waals surface area contributed by atoms with Gasteiger partial charge in [-0.15, -0.1) is 0 Å². The van der Waals surface area contributed by atoms with E-state index >= 15 is 0 Å². The van der Waals surface area contributed by atoms with Crippen molar-refractivity contribution >= 4 is 50.1 Å². The smallest absolute Gasteiger partial charge is 0.410 e. The molecule has 6 aromatic rings. The van der Waals surface area contributed by atoms with Crippen LogP contribution in [0, 0.1) is 0 Å². The van der Waals surface area contributed by atoms with E-state index in [0.717, 1.165) is 56.3 Å². The first-order valence-corrected chi connectivity index (χ1v) is 17.0. The Hall–Kier alpha value is -5.56. The lowest BCUT2D eigenvalue weighted by Gasteiger charge is -2.27. The molecule has 2 N–H and O–H groups in total. The van der Waals surface area contributed by atoms with E-state index in [1.54, 1.807) is 36.5 Å². The second kappa shape index (κ2) is 13.0. The summed E-state index contributed by atoms with van der Waals surface area (Å²) in [5, 5.41) is 9.45. The predicted octanol–water partition coefficient (Wildman–Crippen LogP) is 8.33. The van der Waals surface area contributed by atoms with Crippen molar-refractivity contribution in [3.8, 4) is 22.8 Å². The van der Waals surface area contributed by atoms with Crippen LogP contribution in [-0.4, -0.2) is 57.9 Å². The van der Waals surface area contributed by atoms with Gasteiger partial charge in [0.05, 0.1) is 28.6 Å². The third-order valence-electron chi connectivity index (χ3n) is 8.84. The lowest BCUT2D eigenvalue weighted by Crippen LogP contribution is -2.43. The highest BCUT2D eigenvalue weighted by Gasteiger charge is 2.50. The van der Waals surface area contributed by atoms with Crippen LogP contribution in [-0.2, 0) is 16.8 Å². The third-order valence-corrected chi connectivity index (χ3v) is 9.85. The maximum absolute atomic E-state index is 12.8. The van der Waals surface area contributed by atoms with E-state index in [1.807, 2.05) is 93.7 Å². The first-order chi connectivity index (χ1) is 24.0. The maximum atomic E-state index is 12.8. The highest BCUT2D eigenvalue weighted by molar-refractivity contribution is 7.23. The number of aromatic nitrogens is 3. The summed E-state index contributed by atoms with van der Waals surface area (Å²) in [7, 11) is 3.39. The molecule has 50 heavy (non-hydrogen) atoms. The van der Waals surface area contributed by atoms with Gasteiger partial charge in [-0.05, 0) is 60.9 Å². The fourth-order valence-electron chi connectivity index (χ4n) is 5.50. The molecule has 12 nitrogen and oxygen atoms in total. The van der Waals surface area contributed by atoms with Gasteiger partial charge in [-0.25, -0.2) is 14.6 Å². The second-order valence-electron chi connectivity index (χ2n) is 13.5. The number of imidazole rings is 1. The van der Waals surface area contributed by atoms with Gasteiger partial charge in [0.25, 0.3) is 0 Å². The molecular weight excluding hydrogens is 657 g/mol. The quantitative estimate of drug-likeness (QED) is 0.146. The van der Waals surface area contributed by atoms with Gasteiger partial charge in [0.15, 0.2) is 10.8 Å². The number of benzene rings is 3. The van der Waals surface area contributed by atoms with Crippen molar-refractivity contribution in [1.29, 1.82) is 0 Å². The first kappa shape index (κ1) is 33.0. The molecule has 3 aromatic heterocycles. The molecule has 7 rings (SSSR count). The largest absolute Gasteiger partial charge is 0.497 e. The van der Waals surface area contributed by atoms with E-state index in [4.69, 9.17) is 23.7 Å². The summed E-state index contributed by atoms with van der Waals surface area (Å²) in [4.78, 5) is 32.7. The van der Waals surface area contributed by atoms with Crippen LogP contribution < -0.4 is 20.1 Å². The molecule has 1 aliphatic carbocycles. The number of nitrogens with one attached hydrogen (secondary N) is 2. The van der Waals surface area contributed by atoms with Crippen molar-refractivity contribution in [2.24, 2.45) is 0 Å². The van der Waals surface area contributed by atoms with Gasteiger partial charge in [0.1, 0.15) is 30.5 Å². The normalized spacial score (nSPS) is 13.6. The Bertz CT molecular complexity index is 2160. The Balaban J connectivity index is 0.946. The molecule has 1 aliphatic rings. The Labute approximate surface area is 292 Å². The maximum Gasteiger partial charge on any atom is 0.410 e. The number of fused-ring (bicyclic) bond motifs is 3. The van der Waals surface area contributed by atoms with Gasteiger partial charge >= 0.3 is 12.1 Å². The molecule has 258 valence electrons. The number of ether oxygens (including phenoxy) is 3. The van der Waals surface area contributed by atoms with Gasteiger partial charge in [-0.2, -0.15) is 0 Å². The molecular formula is C37H38N6O6S. The first-order valence-electron chi connectivity index (χ1n) is 16.2. The highest BCUT2D eigenvalue weighted by Crippen LogP contribution is 2.42. The van der Waals surface area contributed by atoms with Crippen LogP contribution in [0.5, 0.6) is 11.5 Å². The lowest BCUT2D eigenvalue weighted by atomic mass is 9.93. The molecule has 0 aliphatic heterocycles. The summed E-state index contributed by atoms with van der Waals surface area (Å²) in [6.07, 6.45) is 3.34. The van der Waals surface area contributed by atoms with Gasteiger partial charge in [-0.3, -0.25) is 9.72 Å². The Kier molecular flexibility index (Phi) is 8.60. The number of methoxy groups -OCH3 is 1. The summed E-state index contributed by atoms with van der Waals surface area (Å²) in [6.45, 7) is 6.60. The van der Waals surface area contributed by atoms with Crippen molar-refractivity contribution in [3.63, 3.8) is 0 Å². The minimum absolute atomic E-state index is 0.189. The molecule has 0 bridgehead atoms. The van der Waals surface area contributed by atoms with Crippen molar-refractivity contribution < 1.29 is 28.3 Å². The van der Waals surface area contributed by atoms with Crippen LogP contribution in [0.2, 0.25) is 0 Å². The molecule has 3 amide bonds. The summed E-state index contributed by atoms with van der Waals surface area (Å²) < 4.78 is 25.4. The number of carbonyl (C=O) groups is 2. The highest BCUT2D eigenvalue weighted by atomic mass is 32.1. The summed E-state index contributed by atoms with van der Waals surface area (Å²) in [6, 6.07) is 22.2. The van der Waals surface area contributed by atoms with E-state index < -0.39 is 6.03 Å². The zero-order valence-corrected chi connectivity index (χ0v) is 29.3. The topological polar surface area (TPSA) is 132 Å². The van der Waals surface area contributed by atoms with E-state index in [2.05, 4.69) is 20.2 Å². The molecule has 0 unspecified atom stereocenters. The van der Waals surface area contributed by atoms with Gasteiger partial charge < -0.3 is 29.0 Å². The number of rotatable bonds is 10. The van der Waals surface area contributed by atoms with E-state index in [9.17, 15) is 9.59 Å². The number of urea groups is 1. The number of amides is 3. The van der Waals surface area contributed by atoms with E-state index in [1.165, 1.54) is 0 Å². The Morgan fingerprint density at radius 2 is 1.74 bits per heavy atom. The number of nitrogens with zero attached hydrogens (tertiary/aromatic N) is 4. The number of likely N-dealkylation sites (N-methyl/N-ethyl adjacent to an activating group) is 1. The summed E-state index contributed by atoms with van der Waals surface area (Å²) >= 11 is 1.57. The monoisotopic (exact) mass is 694 g/mol. The van der Waals surface area contributed by atoms with Crippen LogP contribution >= 0.6 is 11.3 Å². The fraction of sp³-hybridized carbons (Fsp3) is 0.297. The van der Waals surface area contributed by atoms with Crippen molar-refractivity contribution in [2.45, 2.75) is 51.2 Å². The van der Waals surface area contributed by atoms with Crippen LogP contribution in [0.15, 0.2) is 83.5 Å². The van der Waals surface area contributed by atoms with Gasteiger partial charge in [0, 0.05) is 36.0 Å². The molecule has 0 spiro atoms. The predicted molar refractivity (Wildman–Crippen MR) is 192 cm³/mol. The molecule has 3 aromatic carbocycles. The number of hydrogen-bond acceptors (Lipinski definition) is 9. The zero-order valence-electron chi connectivity index (χ0n) is 28.5. The number of thiazole rings is 1. The SMILES string of the molecule is COc1ccc(COC(=O)N(C)C2(COc3ccc4c(c3)sc3nc(-c5ccc(NC(=O)Nc6cc(C(C)(C)C)on6)cc5)cn34)CC2)cc1. The average molecular weight is 695 g/mol. The third kappa shape index (κ3) is 6.95. The number of hydrogen-bond donors (Lipinski definition) is 2. The van der Waals surface area contributed by atoms with E-state index in [-0.39, 0.29) is 23.7 Å². The number of carbonyl (C=O) groups excluding carboxylic acids is 2. The van der Waals surface area contributed by atoms with Crippen molar-refractivity contribution in [3.05, 3.63) is 90.3 Å². The van der Waals surface area contributed by atoms with Crippen molar-refractivity contribution in [1.82, 2.24) is 19.4 Å². The Morgan fingerprint density at radius 3 is 2.42 bits per heavy atom. The molecule has 0 atom stereocenters. The standard InChI is InChI=1S/C37H38N6O6S/c1-36(2,3)31-19-32(41-49-31)40-33(44)38-25-10-8-24(9-11-25)28-20-43-29-15-14-27(18-30(29)50-34(43)39-28)48-22-37(16-17-37)42(4)35(45)47-21-23-6-12-26(46-5)13-7-23/h6-15,18-20H,16-17,21-22H2,1-5H3,(H2,38,40,41,44). The molecule has 0 radical (unpaired) electrons. The van der Waals surface area contributed by atoms with Crippen LogP contribution in [0.4, 0.5) is 21.1 Å². The Morgan fingerprint density at radius 1 is 1.00 bits per heavy atom. The average Bonchev–Trinajstić information content (AvgIpc) is 3.37. The van der Waals surface area contributed by atoms with E-state index in [0.29, 0.717) is 23.9 Å². The molecule has 13 heteroatoms. The number of anilines is 2. The van der Waals surface area contributed by atoms with Gasteiger partial charge in [-0.1, -0.05) is 61.5 Å². The van der Waals surface area contributed by atoms with Crippen LogP contribution in [0.25, 0.3) is 26.4 Å². The lowest BCUT2D eigenvalue weighted by molar-refractivity contribution is 0.0727. The van der Waals surface area contributed by atoms with Crippen LogP contribution in [0.1, 0.15) is 44.9 Å². The van der Waals surface area contributed by atoms with Crippen molar-refractivity contribution in [2.75, 3.05) is 31.4 Å². The molecule has 1 saturated carbocycles. The van der Waals surface area contributed by atoms with Crippen LogP contribution in [0.3, 0.4) is 0 Å². The molecule has 0 saturated heterocycles. The molecule has 3 heterocycles. The minimum atomic E-state index is -0.411. The summed E-state index contributed by atoms with van der Waals surface area (Å²) in [5.41, 5.74) is 3.71. The minimum Gasteiger partial charge on any atom is -0.497 e.